The Bertz CT molecular complexity index is 534. The number of primary amides is 1. The van der Waals surface area contributed by atoms with Crippen LogP contribution in [0.25, 0.3) is 17.1 Å². The van der Waals surface area contributed by atoms with Gasteiger partial charge in [-0.05, 0) is 23.8 Å². The number of rotatable bonds is 2. The zero-order chi connectivity index (χ0) is 10.7. The van der Waals surface area contributed by atoms with Gasteiger partial charge in [-0.25, -0.2) is 0 Å². The first kappa shape index (κ1) is 9.33. The van der Waals surface area contributed by atoms with Crippen LogP contribution in [0.4, 0.5) is 0 Å². The maximum atomic E-state index is 10.5. The molecule has 4 heteroatoms. The summed E-state index contributed by atoms with van der Waals surface area (Å²) >= 11 is 0. The molecular formula is C11H9N3O. The molecule has 0 aliphatic rings. The van der Waals surface area contributed by atoms with Crippen LogP contribution in [0.3, 0.4) is 0 Å². The Morgan fingerprint density at radius 1 is 1.20 bits per heavy atom. The van der Waals surface area contributed by atoms with Crippen molar-refractivity contribution in [2.45, 2.75) is 0 Å². The molecular weight excluding hydrogens is 190 g/mol. The smallest absolute Gasteiger partial charge is 0.241 e. The van der Waals surface area contributed by atoms with Crippen molar-refractivity contribution in [3.05, 3.63) is 42.2 Å². The molecule has 0 unspecified atom stereocenters. The number of benzene rings is 1. The zero-order valence-electron chi connectivity index (χ0n) is 7.92. The standard InChI is InChI=1S/C11H9N3O/c12-11(15)4-2-8-1-3-9-10(7-8)14-6-5-13-9/h1-7H,(H2,12,15). The molecule has 74 valence electrons. The van der Waals surface area contributed by atoms with Crippen molar-refractivity contribution in [2.24, 2.45) is 5.73 Å². The maximum Gasteiger partial charge on any atom is 0.241 e. The summed E-state index contributed by atoms with van der Waals surface area (Å²) in [6.07, 6.45) is 6.24. The Hall–Kier alpha value is -2.23. The van der Waals surface area contributed by atoms with E-state index in [1.165, 1.54) is 6.08 Å². The van der Waals surface area contributed by atoms with Crippen LogP contribution in [0, 0.1) is 0 Å². The predicted molar refractivity (Wildman–Crippen MR) is 57.8 cm³/mol. The van der Waals surface area contributed by atoms with E-state index < -0.39 is 5.91 Å². The summed E-state index contributed by atoms with van der Waals surface area (Å²) in [5.74, 6) is -0.464. The second-order valence-electron chi connectivity index (χ2n) is 3.04. The van der Waals surface area contributed by atoms with Gasteiger partial charge in [-0.2, -0.15) is 0 Å². The molecule has 0 aliphatic carbocycles. The monoisotopic (exact) mass is 199 g/mol. The highest BCUT2D eigenvalue weighted by Gasteiger charge is 1.95. The number of carbonyl (C=O) groups excluding carboxylic acids is 1. The fourth-order valence-corrected chi connectivity index (χ4v) is 1.26. The lowest BCUT2D eigenvalue weighted by atomic mass is 10.2. The summed E-state index contributed by atoms with van der Waals surface area (Å²) in [5, 5.41) is 0. The topological polar surface area (TPSA) is 68.9 Å². The van der Waals surface area contributed by atoms with E-state index in [9.17, 15) is 4.79 Å². The summed E-state index contributed by atoms with van der Waals surface area (Å²) < 4.78 is 0. The van der Waals surface area contributed by atoms with E-state index in [-0.39, 0.29) is 0 Å². The molecule has 0 aliphatic heterocycles. The highest BCUT2D eigenvalue weighted by Crippen LogP contribution is 2.11. The van der Waals surface area contributed by atoms with E-state index in [1.54, 1.807) is 18.5 Å². The Balaban J connectivity index is 2.43. The Morgan fingerprint density at radius 3 is 2.67 bits per heavy atom. The minimum atomic E-state index is -0.464. The molecule has 1 amide bonds. The first-order valence-corrected chi connectivity index (χ1v) is 4.44. The van der Waals surface area contributed by atoms with E-state index in [2.05, 4.69) is 9.97 Å². The van der Waals surface area contributed by atoms with Gasteiger partial charge in [-0.15, -0.1) is 0 Å². The van der Waals surface area contributed by atoms with Crippen LogP contribution in [-0.4, -0.2) is 15.9 Å². The van der Waals surface area contributed by atoms with Crippen LogP contribution in [-0.2, 0) is 4.79 Å². The highest BCUT2D eigenvalue weighted by molar-refractivity contribution is 5.91. The average molecular weight is 199 g/mol. The van der Waals surface area contributed by atoms with Crippen molar-refractivity contribution in [3.63, 3.8) is 0 Å². The lowest BCUT2D eigenvalue weighted by molar-refractivity contribution is -0.113. The first-order valence-electron chi connectivity index (χ1n) is 4.44. The third-order valence-electron chi connectivity index (χ3n) is 1.93. The molecule has 2 N–H and O–H groups in total. The van der Waals surface area contributed by atoms with E-state index >= 15 is 0 Å². The quantitative estimate of drug-likeness (QED) is 0.737. The van der Waals surface area contributed by atoms with Crippen LogP contribution in [0.5, 0.6) is 0 Å². The van der Waals surface area contributed by atoms with Gasteiger partial charge in [-0.3, -0.25) is 14.8 Å². The summed E-state index contributed by atoms with van der Waals surface area (Å²) in [4.78, 5) is 18.8. The maximum absolute atomic E-state index is 10.5. The number of amides is 1. The molecule has 1 aromatic carbocycles. The first-order chi connectivity index (χ1) is 7.25. The minimum absolute atomic E-state index is 0.464. The number of nitrogens with two attached hydrogens (primary N) is 1. The number of nitrogens with zero attached hydrogens (tertiary/aromatic N) is 2. The second kappa shape index (κ2) is 3.88. The summed E-state index contributed by atoms with van der Waals surface area (Å²) in [6.45, 7) is 0. The fourth-order valence-electron chi connectivity index (χ4n) is 1.26. The van der Waals surface area contributed by atoms with E-state index in [1.807, 2.05) is 18.2 Å². The number of hydrogen-bond acceptors (Lipinski definition) is 3. The molecule has 2 aromatic rings. The Morgan fingerprint density at radius 2 is 1.93 bits per heavy atom. The molecule has 0 saturated heterocycles. The molecule has 0 fully saturated rings. The number of fused-ring (bicyclic) bond motifs is 1. The molecule has 0 saturated carbocycles. The molecule has 15 heavy (non-hydrogen) atoms. The van der Waals surface area contributed by atoms with Crippen molar-refractivity contribution in [1.29, 1.82) is 0 Å². The van der Waals surface area contributed by atoms with Crippen LogP contribution < -0.4 is 5.73 Å². The van der Waals surface area contributed by atoms with Crippen LogP contribution in [0.15, 0.2) is 36.7 Å². The molecule has 0 bridgehead atoms. The van der Waals surface area contributed by atoms with Crippen molar-refractivity contribution < 1.29 is 4.79 Å². The number of carbonyl (C=O) groups is 1. The van der Waals surface area contributed by atoms with Crippen molar-refractivity contribution in [1.82, 2.24) is 9.97 Å². The highest BCUT2D eigenvalue weighted by atomic mass is 16.1. The lowest BCUT2D eigenvalue weighted by Crippen LogP contribution is -2.05. The normalized spacial score (nSPS) is 10.9. The van der Waals surface area contributed by atoms with Gasteiger partial charge in [0.05, 0.1) is 11.0 Å². The summed E-state index contributed by atoms with van der Waals surface area (Å²) in [5.41, 5.74) is 7.50. The lowest BCUT2D eigenvalue weighted by Gasteiger charge is -1.96. The van der Waals surface area contributed by atoms with Gasteiger partial charge < -0.3 is 5.73 Å². The van der Waals surface area contributed by atoms with Gasteiger partial charge >= 0.3 is 0 Å². The number of aromatic nitrogens is 2. The minimum Gasteiger partial charge on any atom is -0.366 e. The molecule has 1 heterocycles. The fraction of sp³-hybridized carbons (Fsp3) is 0. The van der Waals surface area contributed by atoms with E-state index in [4.69, 9.17) is 5.73 Å². The molecule has 1 aromatic heterocycles. The molecule has 2 rings (SSSR count). The molecule has 0 radical (unpaired) electrons. The van der Waals surface area contributed by atoms with Gasteiger partial charge in [-0.1, -0.05) is 6.07 Å². The van der Waals surface area contributed by atoms with Crippen molar-refractivity contribution in [2.75, 3.05) is 0 Å². The SMILES string of the molecule is NC(=O)C=Cc1ccc2nccnc2c1. The second-order valence-corrected chi connectivity index (χ2v) is 3.04. The summed E-state index contributed by atoms with van der Waals surface area (Å²) in [7, 11) is 0. The largest absolute Gasteiger partial charge is 0.366 e. The zero-order valence-corrected chi connectivity index (χ0v) is 7.92. The van der Waals surface area contributed by atoms with Gasteiger partial charge in [0.2, 0.25) is 5.91 Å². The number of hydrogen-bond donors (Lipinski definition) is 1. The van der Waals surface area contributed by atoms with Gasteiger partial charge in [0.15, 0.2) is 0 Å². The van der Waals surface area contributed by atoms with Crippen LogP contribution in [0.1, 0.15) is 5.56 Å². The summed E-state index contributed by atoms with van der Waals surface area (Å²) in [6, 6.07) is 5.56. The molecule has 0 spiro atoms. The molecule has 0 atom stereocenters. The van der Waals surface area contributed by atoms with Crippen molar-refractivity contribution in [3.8, 4) is 0 Å². The van der Waals surface area contributed by atoms with Crippen LogP contribution >= 0.6 is 0 Å². The van der Waals surface area contributed by atoms with E-state index in [0.29, 0.717) is 0 Å². The van der Waals surface area contributed by atoms with Crippen molar-refractivity contribution >= 4 is 23.0 Å². The predicted octanol–water partition coefficient (Wildman–Crippen LogP) is 1.13. The van der Waals surface area contributed by atoms with Gasteiger partial charge in [0.25, 0.3) is 0 Å². The third-order valence-corrected chi connectivity index (χ3v) is 1.93. The van der Waals surface area contributed by atoms with E-state index in [0.717, 1.165) is 16.6 Å². The molecule has 4 nitrogen and oxygen atoms in total. The van der Waals surface area contributed by atoms with Gasteiger partial charge in [0.1, 0.15) is 0 Å². The van der Waals surface area contributed by atoms with Crippen LogP contribution in [0.2, 0.25) is 0 Å². The average Bonchev–Trinajstić information content (AvgIpc) is 2.26. The Kier molecular flexibility index (Phi) is 2.41. The third kappa shape index (κ3) is 2.17. The van der Waals surface area contributed by atoms with Gasteiger partial charge in [0, 0.05) is 18.5 Å². The Labute approximate surface area is 86.5 Å².